The van der Waals surface area contributed by atoms with Crippen LogP contribution in [0.2, 0.25) is 0 Å². The molecule has 1 aliphatic rings. The fourth-order valence-corrected chi connectivity index (χ4v) is 1.70. The summed E-state index contributed by atoms with van der Waals surface area (Å²) in [5, 5.41) is 2.84. The number of anilines is 1. The summed E-state index contributed by atoms with van der Waals surface area (Å²) < 4.78 is 10.5. The normalized spacial score (nSPS) is 15.2. The average Bonchev–Trinajstić information content (AvgIpc) is 2.31. The number of methoxy groups -OCH3 is 1. The van der Waals surface area contributed by atoms with Crippen LogP contribution < -0.4 is 14.8 Å². The Kier molecular flexibility index (Phi) is 3.95. The quantitative estimate of drug-likeness (QED) is 0.809. The highest BCUT2D eigenvalue weighted by Crippen LogP contribution is 2.29. The van der Waals surface area contributed by atoms with Gasteiger partial charge >= 0.3 is 12.0 Å². The minimum absolute atomic E-state index is 0.267. The Morgan fingerprint density at radius 3 is 2.59 bits per heavy atom. The molecule has 1 heterocycles. The Morgan fingerprint density at radius 2 is 2.00 bits per heavy atom. The van der Waals surface area contributed by atoms with Crippen LogP contribution >= 0.6 is 0 Å². The van der Waals surface area contributed by atoms with Crippen molar-refractivity contribution >= 4 is 5.95 Å². The first-order chi connectivity index (χ1) is 8.31. The molecule has 1 fully saturated rings. The van der Waals surface area contributed by atoms with Crippen molar-refractivity contribution in [2.75, 3.05) is 26.1 Å². The Bertz CT molecular complexity index is 346. The molecule has 0 amide bonds. The van der Waals surface area contributed by atoms with Gasteiger partial charge in [0.05, 0.1) is 13.7 Å². The molecule has 17 heavy (non-hydrogen) atoms. The summed E-state index contributed by atoms with van der Waals surface area (Å²) >= 11 is 0. The molecule has 1 aliphatic carbocycles. The molecule has 1 N–H and O–H groups in total. The summed E-state index contributed by atoms with van der Waals surface area (Å²) in [6.07, 6.45) is 5.08. The number of rotatable bonds is 6. The molecule has 1 saturated carbocycles. The number of nitrogens with zero attached hydrogens (tertiary/aromatic N) is 3. The predicted molar refractivity (Wildman–Crippen MR) is 63.4 cm³/mol. The first kappa shape index (κ1) is 11.9. The van der Waals surface area contributed by atoms with Gasteiger partial charge in [0, 0.05) is 7.05 Å². The summed E-state index contributed by atoms with van der Waals surface area (Å²) in [5.41, 5.74) is 0. The lowest BCUT2D eigenvalue weighted by Gasteiger charge is -2.24. The standard InChI is InChI=1S/C11H18N4O2/c1-12-9-13-10(16-2)15-11(14-9)17-7-6-8-4-3-5-8/h8H,3-7H2,1-2H3,(H,12,13,14,15). The molecular weight excluding hydrogens is 220 g/mol. The molecule has 1 aromatic heterocycles. The molecule has 0 aromatic carbocycles. The Labute approximate surface area is 101 Å². The van der Waals surface area contributed by atoms with Gasteiger partial charge < -0.3 is 14.8 Å². The van der Waals surface area contributed by atoms with E-state index < -0.39 is 0 Å². The van der Waals surface area contributed by atoms with Crippen molar-refractivity contribution < 1.29 is 9.47 Å². The molecular formula is C11H18N4O2. The van der Waals surface area contributed by atoms with Gasteiger partial charge in [-0.2, -0.15) is 9.97 Å². The van der Waals surface area contributed by atoms with Crippen LogP contribution in [0, 0.1) is 5.92 Å². The molecule has 1 aromatic rings. The predicted octanol–water partition coefficient (Wildman–Crippen LogP) is 1.49. The highest BCUT2D eigenvalue weighted by molar-refractivity contribution is 5.26. The molecule has 2 rings (SSSR count). The maximum absolute atomic E-state index is 5.52. The Hall–Kier alpha value is -1.59. The summed E-state index contributed by atoms with van der Waals surface area (Å²) in [6, 6.07) is 0.587. The van der Waals surface area contributed by atoms with Crippen molar-refractivity contribution in [3.05, 3.63) is 0 Å². The molecule has 94 valence electrons. The van der Waals surface area contributed by atoms with Crippen LogP contribution in [0.4, 0.5) is 5.95 Å². The topological polar surface area (TPSA) is 69.2 Å². The number of hydrogen-bond acceptors (Lipinski definition) is 6. The fourth-order valence-electron chi connectivity index (χ4n) is 1.70. The third kappa shape index (κ3) is 3.18. The van der Waals surface area contributed by atoms with Gasteiger partial charge in [-0.15, -0.1) is 4.98 Å². The fraction of sp³-hybridized carbons (Fsp3) is 0.727. The number of ether oxygens (including phenoxy) is 2. The minimum atomic E-state index is 0.267. The van der Waals surface area contributed by atoms with Gasteiger partial charge in [-0.25, -0.2) is 0 Å². The summed E-state index contributed by atoms with van der Waals surface area (Å²) in [6.45, 7) is 0.654. The SMILES string of the molecule is CNc1nc(OC)nc(OCCC2CCC2)n1. The van der Waals surface area contributed by atoms with E-state index >= 15 is 0 Å². The highest BCUT2D eigenvalue weighted by Gasteiger charge is 2.17. The Morgan fingerprint density at radius 1 is 1.24 bits per heavy atom. The van der Waals surface area contributed by atoms with Crippen LogP contribution in [-0.4, -0.2) is 35.7 Å². The molecule has 6 nitrogen and oxygen atoms in total. The van der Waals surface area contributed by atoms with Crippen molar-refractivity contribution in [2.24, 2.45) is 5.92 Å². The van der Waals surface area contributed by atoms with Gasteiger partial charge in [-0.05, 0) is 12.3 Å². The van der Waals surface area contributed by atoms with Gasteiger partial charge in [0.25, 0.3) is 0 Å². The van der Waals surface area contributed by atoms with Crippen molar-refractivity contribution in [3.8, 4) is 12.0 Å². The zero-order valence-electron chi connectivity index (χ0n) is 10.3. The summed E-state index contributed by atoms with van der Waals surface area (Å²) in [7, 11) is 3.26. The molecule has 0 radical (unpaired) electrons. The molecule has 0 unspecified atom stereocenters. The second-order valence-electron chi connectivity index (χ2n) is 4.11. The zero-order valence-corrected chi connectivity index (χ0v) is 10.3. The van der Waals surface area contributed by atoms with E-state index in [1.54, 1.807) is 7.05 Å². The number of hydrogen-bond donors (Lipinski definition) is 1. The smallest absolute Gasteiger partial charge is 0.324 e. The number of nitrogens with one attached hydrogen (secondary N) is 1. The molecule has 0 bridgehead atoms. The van der Waals surface area contributed by atoms with Gasteiger partial charge in [-0.3, -0.25) is 0 Å². The number of aromatic nitrogens is 3. The lowest BCUT2D eigenvalue weighted by Crippen LogP contribution is -2.15. The second kappa shape index (κ2) is 5.65. The molecule has 0 atom stereocenters. The second-order valence-corrected chi connectivity index (χ2v) is 4.11. The van der Waals surface area contributed by atoms with Crippen molar-refractivity contribution in [2.45, 2.75) is 25.7 Å². The van der Waals surface area contributed by atoms with E-state index in [2.05, 4.69) is 20.3 Å². The van der Waals surface area contributed by atoms with Crippen LogP contribution in [0.3, 0.4) is 0 Å². The average molecular weight is 238 g/mol. The van der Waals surface area contributed by atoms with Crippen molar-refractivity contribution in [1.82, 2.24) is 15.0 Å². The largest absolute Gasteiger partial charge is 0.467 e. The van der Waals surface area contributed by atoms with E-state index in [1.165, 1.54) is 26.4 Å². The first-order valence-corrected chi connectivity index (χ1v) is 5.92. The van der Waals surface area contributed by atoms with Crippen LogP contribution in [0.1, 0.15) is 25.7 Å². The molecule has 6 heteroatoms. The summed E-state index contributed by atoms with van der Waals surface area (Å²) in [5.74, 6) is 1.28. The lowest BCUT2D eigenvalue weighted by atomic mass is 9.83. The van der Waals surface area contributed by atoms with Gasteiger partial charge in [0.2, 0.25) is 5.95 Å². The van der Waals surface area contributed by atoms with E-state index in [0.29, 0.717) is 18.6 Å². The first-order valence-electron chi connectivity index (χ1n) is 5.92. The van der Waals surface area contributed by atoms with Crippen LogP contribution in [0.15, 0.2) is 0 Å². The van der Waals surface area contributed by atoms with Gasteiger partial charge in [0.15, 0.2) is 0 Å². The van der Waals surface area contributed by atoms with Gasteiger partial charge in [0.1, 0.15) is 0 Å². The third-order valence-corrected chi connectivity index (χ3v) is 2.98. The molecule has 0 spiro atoms. The maximum atomic E-state index is 5.52. The zero-order chi connectivity index (χ0) is 12.1. The Balaban J connectivity index is 1.89. The van der Waals surface area contributed by atoms with E-state index in [-0.39, 0.29) is 6.01 Å². The molecule has 0 saturated heterocycles. The lowest BCUT2D eigenvalue weighted by molar-refractivity contribution is 0.209. The highest BCUT2D eigenvalue weighted by atomic mass is 16.5. The van der Waals surface area contributed by atoms with E-state index in [9.17, 15) is 0 Å². The van der Waals surface area contributed by atoms with Crippen molar-refractivity contribution in [3.63, 3.8) is 0 Å². The van der Waals surface area contributed by atoms with Crippen LogP contribution in [-0.2, 0) is 0 Å². The maximum Gasteiger partial charge on any atom is 0.324 e. The minimum Gasteiger partial charge on any atom is -0.467 e. The van der Waals surface area contributed by atoms with E-state index in [4.69, 9.17) is 9.47 Å². The van der Waals surface area contributed by atoms with Crippen LogP contribution in [0.25, 0.3) is 0 Å². The summed E-state index contributed by atoms with van der Waals surface area (Å²) in [4.78, 5) is 12.1. The third-order valence-electron chi connectivity index (χ3n) is 2.98. The van der Waals surface area contributed by atoms with Crippen molar-refractivity contribution in [1.29, 1.82) is 0 Å². The monoisotopic (exact) mass is 238 g/mol. The van der Waals surface area contributed by atoms with Gasteiger partial charge in [-0.1, -0.05) is 19.3 Å². The molecule has 0 aliphatic heterocycles. The van der Waals surface area contributed by atoms with Crippen LogP contribution in [0.5, 0.6) is 12.0 Å². The van der Waals surface area contributed by atoms with E-state index in [1.807, 2.05) is 0 Å². The van der Waals surface area contributed by atoms with E-state index in [0.717, 1.165) is 12.3 Å².